The van der Waals surface area contributed by atoms with Crippen LogP contribution in [0.3, 0.4) is 0 Å². The summed E-state index contributed by atoms with van der Waals surface area (Å²) in [6.07, 6.45) is 3.45. The number of hydrogen-bond acceptors (Lipinski definition) is 4. The summed E-state index contributed by atoms with van der Waals surface area (Å²) in [4.78, 5) is 11.3. The highest BCUT2D eigenvalue weighted by Gasteiger charge is 2.39. The van der Waals surface area contributed by atoms with Crippen LogP contribution in [0.4, 0.5) is 11.4 Å². The molecular formula is C41H35N6PSi. The fourth-order valence-electron chi connectivity index (χ4n) is 7.68. The number of aliphatic imine (C=N–C) groups is 1. The van der Waals surface area contributed by atoms with E-state index in [1.807, 2.05) is 18.2 Å². The zero-order valence-electron chi connectivity index (χ0n) is 27.6. The molecule has 8 heteroatoms. The number of nitriles is 2. The lowest BCUT2D eigenvalue weighted by Gasteiger charge is -2.32. The summed E-state index contributed by atoms with van der Waals surface area (Å²) in [5.41, 5.74) is 1.53. The van der Waals surface area contributed by atoms with E-state index < -0.39 is 15.9 Å². The molecule has 0 spiro atoms. The van der Waals surface area contributed by atoms with Gasteiger partial charge in [-0.3, -0.25) is 9.74 Å². The fourth-order valence-corrected chi connectivity index (χ4v) is 13.8. The van der Waals surface area contributed by atoms with Gasteiger partial charge in [0.05, 0.1) is 36.7 Å². The minimum Gasteiger partial charge on any atom is -0.265 e. The fraction of sp³-hybridized carbons (Fsp3) is 0.195. The largest absolute Gasteiger partial charge is 0.270 e. The maximum atomic E-state index is 10.2. The number of benzene rings is 5. The average molecular weight is 671 g/mol. The molecule has 0 N–H and O–H groups in total. The van der Waals surface area contributed by atoms with Crippen molar-refractivity contribution < 1.29 is 0 Å². The van der Waals surface area contributed by atoms with Crippen LogP contribution in [0.25, 0.3) is 42.6 Å². The molecule has 0 amide bonds. The molecule has 1 saturated carbocycles. The molecule has 0 saturated heterocycles. The van der Waals surface area contributed by atoms with Crippen molar-refractivity contribution in [2.24, 2.45) is 15.7 Å². The van der Waals surface area contributed by atoms with Crippen LogP contribution in [0, 0.1) is 41.7 Å². The summed E-state index contributed by atoms with van der Waals surface area (Å²) in [6, 6.07) is 38.1. The van der Waals surface area contributed by atoms with Gasteiger partial charge < -0.3 is 0 Å². The minimum atomic E-state index is -2.40. The molecule has 1 aliphatic rings. The van der Waals surface area contributed by atoms with Gasteiger partial charge in [0.25, 0.3) is 11.4 Å². The Balaban J connectivity index is 1.79. The number of nitrogens with zero attached hydrogens (tertiary/aromatic N) is 6. The van der Waals surface area contributed by atoms with Gasteiger partial charge in [0.2, 0.25) is 0 Å². The summed E-state index contributed by atoms with van der Waals surface area (Å²) in [7, 11) is -3.14. The molecule has 0 aliphatic heterocycles. The van der Waals surface area contributed by atoms with E-state index in [4.69, 9.17) is 17.9 Å². The van der Waals surface area contributed by atoms with E-state index in [9.17, 15) is 10.5 Å². The van der Waals surface area contributed by atoms with Gasteiger partial charge in [0.15, 0.2) is 0 Å². The van der Waals surface area contributed by atoms with E-state index >= 15 is 0 Å². The molecular weight excluding hydrogens is 636 g/mol. The Bertz CT molecular complexity index is 2390. The van der Waals surface area contributed by atoms with Crippen LogP contribution in [-0.4, -0.2) is 21.2 Å². The van der Waals surface area contributed by atoms with Crippen LogP contribution in [0.2, 0.25) is 19.1 Å². The van der Waals surface area contributed by atoms with Gasteiger partial charge >= 0.3 is 0 Å². The Morgan fingerprint density at radius 3 is 1.76 bits per heavy atom. The van der Waals surface area contributed by atoms with E-state index in [-0.39, 0.29) is 11.4 Å². The third-order valence-electron chi connectivity index (χ3n) is 9.59. The molecule has 6 rings (SSSR count). The smallest absolute Gasteiger partial charge is 0.265 e. The second kappa shape index (κ2) is 14.3. The standard InChI is InChI=1S/C41H35N6PSi/c1-44-29-17-20-34-36(23-29)40(38(25-42)45-2)35-21-18-30(24-37(35)41(34)39(26-43)46-3)47-48(31-12-8-6-9-13-31,32-14-10-7-11-15-32)33-19-16-28(22-33)27-49(4)5/h6-15,17-18,20-21,23-24,28,33,49H,1,16,19,22,27H2,4-5H3/b40-38+,41-39-. The molecule has 238 valence electrons. The number of rotatable bonds is 7. The van der Waals surface area contributed by atoms with Crippen molar-refractivity contribution in [1.29, 1.82) is 10.5 Å². The third-order valence-corrected chi connectivity index (χ3v) is 15.4. The predicted molar refractivity (Wildman–Crippen MR) is 207 cm³/mol. The van der Waals surface area contributed by atoms with Gasteiger partial charge in [0.1, 0.15) is 0 Å². The molecule has 0 aromatic heterocycles. The topological polar surface area (TPSA) is 81.0 Å². The Morgan fingerprint density at radius 1 is 0.776 bits per heavy atom. The molecule has 6 nitrogen and oxygen atoms in total. The first-order valence-corrected chi connectivity index (χ1v) is 21.3. The molecule has 2 unspecified atom stereocenters. The average Bonchev–Trinajstić information content (AvgIpc) is 3.60. The second-order valence-electron chi connectivity index (χ2n) is 12.9. The molecule has 2 atom stereocenters. The first-order valence-electron chi connectivity index (χ1n) is 16.4. The van der Waals surface area contributed by atoms with Crippen LogP contribution in [0.15, 0.2) is 107 Å². The lowest BCUT2D eigenvalue weighted by atomic mass is 9.95. The summed E-state index contributed by atoms with van der Waals surface area (Å²) in [6.45, 7) is 24.4. The lowest BCUT2D eigenvalue weighted by Crippen LogP contribution is -2.25. The quantitative estimate of drug-likeness (QED) is 0.0572. The number of fused-ring (bicyclic) bond motifs is 2. The van der Waals surface area contributed by atoms with E-state index in [0.29, 0.717) is 49.2 Å². The first kappa shape index (κ1) is 33.3. The van der Waals surface area contributed by atoms with Crippen LogP contribution in [0.1, 0.15) is 19.3 Å². The van der Waals surface area contributed by atoms with Crippen molar-refractivity contribution in [3.05, 3.63) is 130 Å². The summed E-state index contributed by atoms with van der Waals surface area (Å²) in [5, 5.41) is 26.1. The number of hydrogen-bond donors (Lipinski definition) is 0. The second-order valence-corrected chi connectivity index (χ2v) is 19.5. The minimum absolute atomic E-state index is 0.0667. The Labute approximate surface area is 289 Å². The van der Waals surface area contributed by atoms with Crippen molar-refractivity contribution in [2.75, 3.05) is 0 Å². The highest BCUT2D eigenvalue weighted by molar-refractivity contribution is 7.81. The van der Waals surface area contributed by atoms with Gasteiger partial charge in [-0.05, 0) is 81.9 Å². The van der Waals surface area contributed by atoms with Gasteiger partial charge in [-0.25, -0.2) is 20.2 Å². The van der Waals surface area contributed by atoms with Crippen molar-refractivity contribution in [2.45, 2.75) is 44.1 Å². The monoisotopic (exact) mass is 670 g/mol. The SMILES string of the molecule is [C-]#[N+]/C(C#N)=c1\c2cc(N=P(c3ccccc3)(c3ccccc3)C3CCC(C[SiH](C)C)C3)ccc2/c(=C(/C#N)[N+]#[C-])c2cc(N=C)ccc12. The van der Waals surface area contributed by atoms with Crippen LogP contribution < -0.4 is 21.0 Å². The molecule has 5 aromatic rings. The summed E-state index contributed by atoms with van der Waals surface area (Å²) >= 11 is 0. The molecule has 5 aromatic carbocycles. The van der Waals surface area contributed by atoms with Gasteiger partial charge in [-0.1, -0.05) is 98.4 Å². The van der Waals surface area contributed by atoms with E-state index in [2.05, 4.69) is 107 Å². The Morgan fingerprint density at radius 2 is 1.29 bits per heavy atom. The van der Waals surface area contributed by atoms with E-state index in [0.717, 1.165) is 18.5 Å². The van der Waals surface area contributed by atoms with Crippen LogP contribution in [-0.2, 0) is 0 Å². The van der Waals surface area contributed by atoms with Gasteiger partial charge in [-0.2, -0.15) is 0 Å². The van der Waals surface area contributed by atoms with Crippen molar-refractivity contribution in [1.82, 2.24) is 0 Å². The maximum Gasteiger partial charge on any atom is 0.270 e. The van der Waals surface area contributed by atoms with Crippen LogP contribution in [0.5, 0.6) is 0 Å². The zero-order valence-corrected chi connectivity index (χ0v) is 29.7. The lowest BCUT2D eigenvalue weighted by molar-refractivity contribution is 0.607. The summed E-state index contributed by atoms with van der Waals surface area (Å²) < 4.78 is 5.85. The highest BCUT2D eigenvalue weighted by Crippen LogP contribution is 2.60. The van der Waals surface area contributed by atoms with Crippen LogP contribution >= 0.6 is 7.05 Å². The van der Waals surface area contributed by atoms with E-state index in [1.165, 1.54) is 23.1 Å². The molecule has 0 radical (unpaired) electrons. The molecule has 1 fully saturated rings. The Kier molecular flexibility index (Phi) is 9.72. The highest BCUT2D eigenvalue weighted by atomic mass is 31.2. The molecule has 0 heterocycles. The molecule has 1 aliphatic carbocycles. The van der Waals surface area contributed by atoms with Crippen molar-refractivity contribution in [3.63, 3.8) is 0 Å². The first-order chi connectivity index (χ1) is 23.9. The Hall–Kier alpha value is -5.56. The summed E-state index contributed by atoms with van der Waals surface area (Å²) in [5.74, 6) is 0.700. The zero-order chi connectivity index (χ0) is 34.5. The van der Waals surface area contributed by atoms with Crippen molar-refractivity contribution in [3.8, 4) is 12.1 Å². The van der Waals surface area contributed by atoms with Crippen molar-refractivity contribution >= 4 is 77.5 Å². The van der Waals surface area contributed by atoms with Gasteiger partial charge in [-0.15, -0.1) is 0 Å². The maximum absolute atomic E-state index is 10.2. The van der Waals surface area contributed by atoms with E-state index in [1.54, 1.807) is 18.2 Å². The third kappa shape index (κ3) is 6.13. The molecule has 0 bridgehead atoms. The van der Waals surface area contributed by atoms with Gasteiger partial charge in [0, 0.05) is 31.9 Å². The predicted octanol–water partition coefficient (Wildman–Crippen LogP) is 8.57. The molecule has 49 heavy (non-hydrogen) atoms. The normalized spacial score (nSPS) is 17.0.